The van der Waals surface area contributed by atoms with Crippen LogP contribution in [-0.4, -0.2) is 26.6 Å². The van der Waals surface area contributed by atoms with Crippen molar-refractivity contribution in [3.8, 4) is 0 Å². The van der Waals surface area contributed by atoms with Crippen LogP contribution in [-0.2, 0) is 9.59 Å². The van der Waals surface area contributed by atoms with Crippen molar-refractivity contribution >= 4 is 49.4 Å². The fourth-order valence-electron chi connectivity index (χ4n) is 1.00. The molecule has 1 rings (SSSR count). The number of anilines is 1. The molecule has 0 spiro atoms. The first kappa shape index (κ1) is 14.1. The number of benzene rings is 1. The number of carbonyl (C=O) groups excluding carboxylic acids is 1. The second kappa shape index (κ2) is 6.11. The smallest absolute Gasteiger partial charge is 0.318 e. The zero-order chi connectivity index (χ0) is 13.0. The molecule has 0 fully saturated rings. The van der Waals surface area contributed by atoms with Gasteiger partial charge < -0.3 is 10.4 Å². The monoisotopic (exact) mass is 367 g/mol. The van der Waals surface area contributed by atoms with E-state index >= 15 is 0 Å². The zero-order valence-corrected chi connectivity index (χ0v) is 11.5. The van der Waals surface area contributed by atoms with Crippen LogP contribution >= 0.6 is 31.9 Å². The third-order valence-corrected chi connectivity index (χ3v) is 4.43. The molecule has 0 saturated carbocycles. The van der Waals surface area contributed by atoms with E-state index in [1.54, 1.807) is 0 Å². The summed E-state index contributed by atoms with van der Waals surface area (Å²) in [5.74, 6) is -2.09. The summed E-state index contributed by atoms with van der Waals surface area (Å²) in [4.78, 5) is 20.3. The standard InChI is InChI=1S/C10H8Br2FNO3/c11-7(8(12)10(16)17)9(15)14-6-3-1-5(13)2-4-6/h1-4,7-8H,(H,14,15)(H,16,17)/t7-,8-/m0/s1. The molecule has 0 bridgehead atoms. The number of aliphatic carboxylic acids is 1. The lowest BCUT2D eigenvalue weighted by Gasteiger charge is -2.13. The molecule has 17 heavy (non-hydrogen) atoms. The van der Waals surface area contributed by atoms with E-state index in [-0.39, 0.29) is 0 Å². The third-order valence-electron chi connectivity index (χ3n) is 1.86. The van der Waals surface area contributed by atoms with Gasteiger partial charge in [0.15, 0.2) is 0 Å². The van der Waals surface area contributed by atoms with Gasteiger partial charge in [-0.05, 0) is 24.3 Å². The van der Waals surface area contributed by atoms with E-state index < -0.39 is 27.3 Å². The van der Waals surface area contributed by atoms with Crippen molar-refractivity contribution in [2.24, 2.45) is 0 Å². The number of nitrogens with one attached hydrogen (secondary N) is 1. The van der Waals surface area contributed by atoms with Gasteiger partial charge in [-0.15, -0.1) is 0 Å². The summed E-state index contributed by atoms with van der Waals surface area (Å²) >= 11 is 5.83. The Hall–Kier alpha value is -0.950. The molecule has 0 aliphatic rings. The Morgan fingerprint density at radius 3 is 2.18 bits per heavy atom. The van der Waals surface area contributed by atoms with Gasteiger partial charge in [0.1, 0.15) is 15.5 Å². The second-order valence-corrected chi connectivity index (χ2v) is 5.11. The van der Waals surface area contributed by atoms with Gasteiger partial charge in [-0.3, -0.25) is 9.59 Å². The van der Waals surface area contributed by atoms with E-state index in [0.717, 1.165) is 0 Å². The summed E-state index contributed by atoms with van der Waals surface area (Å²) in [6.45, 7) is 0. The number of rotatable bonds is 4. The summed E-state index contributed by atoms with van der Waals surface area (Å²) in [6.07, 6.45) is 0. The van der Waals surface area contributed by atoms with Crippen molar-refractivity contribution in [2.45, 2.75) is 9.65 Å². The molecule has 0 radical (unpaired) electrons. The molecular formula is C10H8Br2FNO3. The molecule has 0 unspecified atom stereocenters. The summed E-state index contributed by atoms with van der Waals surface area (Å²) in [5, 5.41) is 11.2. The van der Waals surface area contributed by atoms with Gasteiger partial charge >= 0.3 is 5.97 Å². The van der Waals surface area contributed by atoms with E-state index in [0.29, 0.717) is 5.69 Å². The number of hydrogen-bond donors (Lipinski definition) is 2. The first-order chi connectivity index (χ1) is 7.91. The minimum atomic E-state index is -1.15. The van der Waals surface area contributed by atoms with Gasteiger partial charge in [-0.25, -0.2) is 4.39 Å². The van der Waals surface area contributed by atoms with Crippen molar-refractivity contribution in [1.29, 1.82) is 0 Å². The number of amides is 1. The van der Waals surface area contributed by atoms with Crippen LogP contribution in [0, 0.1) is 5.82 Å². The molecule has 0 aromatic heterocycles. The Morgan fingerprint density at radius 1 is 1.18 bits per heavy atom. The summed E-state index contributed by atoms with van der Waals surface area (Å²) < 4.78 is 12.6. The van der Waals surface area contributed by atoms with Crippen LogP contribution in [0.3, 0.4) is 0 Å². The molecular weight excluding hydrogens is 361 g/mol. The highest BCUT2D eigenvalue weighted by Crippen LogP contribution is 2.17. The molecule has 2 atom stereocenters. The normalized spacial score (nSPS) is 13.8. The average Bonchev–Trinajstić information content (AvgIpc) is 2.30. The molecule has 1 aromatic carbocycles. The van der Waals surface area contributed by atoms with E-state index in [4.69, 9.17) is 5.11 Å². The van der Waals surface area contributed by atoms with Crippen LogP contribution in [0.4, 0.5) is 10.1 Å². The molecule has 7 heteroatoms. The minimum Gasteiger partial charge on any atom is -0.480 e. The maximum atomic E-state index is 12.6. The highest BCUT2D eigenvalue weighted by Gasteiger charge is 2.29. The fraction of sp³-hybridized carbons (Fsp3) is 0.200. The largest absolute Gasteiger partial charge is 0.480 e. The van der Waals surface area contributed by atoms with E-state index in [1.165, 1.54) is 24.3 Å². The zero-order valence-electron chi connectivity index (χ0n) is 8.36. The van der Waals surface area contributed by atoms with E-state index in [1.807, 2.05) is 0 Å². The quantitative estimate of drug-likeness (QED) is 0.802. The Morgan fingerprint density at radius 2 is 1.71 bits per heavy atom. The first-order valence-electron chi connectivity index (χ1n) is 4.49. The Balaban J connectivity index is 2.66. The van der Waals surface area contributed by atoms with Crippen LogP contribution in [0.25, 0.3) is 0 Å². The lowest BCUT2D eigenvalue weighted by Crippen LogP contribution is -2.34. The Labute approximate surface area is 113 Å². The fourth-order valence-corrected chi connectivity index (χ4v) is 1.58. The molecule has 1 amide bonds. The molecule has 92 valence electrons. The summed E-state index contributed by atoms with van der Waals surface area (Å²) in [7, 11) is 0. The number of hydrogen-bond acceptors (Lipinski definition) is 2. The highest BCUT2D eigenvalue weighted by molar-refractivity contribution is 9.12. The van der Waals surface area contributed by atoms with Crippen molar-refractivity contribution < 1.29 is 19.1 Å². The predicted molar refractivity (Wildman–Crippen MR) is 68.1 cm³/mol. The maximum Gasteiger partial charge on any atom is 0.318 e. The molecule has 4 nitrogen and oxygen atoms in total. The molecule has 0 saturated heterocycles. The van der Waals surface area contributed by atoms with Crippen LogP contribution in [0.2, 0.25) is 0 Å². The third kappa shape index (κ3) is 4.08. The van der Waals surface area contributed by atoms with Gasteiger partial charge in [-0.1, -0.05) is 31.9 Å². The van der Waals surface area contributed by atoms with Crippen LogP contribution in [0.5, 0.6) is 0 Å². The van der Waals surface area contributed by atoms with Gasteiger partial charge in [0.05, 0.1) is 0 Å². The van der Waals surface area contributed by atoms with Crippen molar-refractivity contribution in [2.75, 3.05) is 5.32 Å². The lowest BCUT2D eigenvalue weighted by molar-refractivity contribution is -0.137. The van der Waals surface area contributed by atoms with Crippen LogP contribution < -0.4 is 5.32 Å². The van der Waals surface area contributed by atoms with E-state index in [2.05, 4.69) is 37.2 Å². The lowest BCUT2D eigenvalue weighted by atomic mass is 10.2. The molecule has 0 heterocycles. The minimum absolute atomic E-state index is 0.394. The Kier molecular flexibility index (Phi) is 5.07. The molecule has 1 aromatic rings. The average molecular weight is 369 g/mol. The first-order valence-corrected chi connectivity index (χ1v) is 6.32. The number of halogens is 3. The SMILES string of the molecule is O=C(O)[C@@H](Br)[C@H](Br)C(=O)Nc1ccc(F)cc1. The van der Waals surface area contributed by atoms with Crippen molar-refractivity contribution in [3.63, 3.8) is 0 Å². The number of carboxylic acids is 1. The van der Waals surface area contributed by atoms with Gasteiger partial charge in [0.25, 0.3) is 0 Å². The van der Waals surface area contributed by atoms with Gasteiger partial charge in [0, 0.05) is 5.69 Å². The van der Waals surface area contributed by atoms with Crippen LogP contribution in [0.1, 0.15) is 0 Å². The number of carboxylic acid groups (broad SMARTS) is 1. The summed E-state index contributed by atoms with van der Waals surface area (Å²) in [6, 6.07) is 5.16. The maximum absolute atomic E-state index is 12.6. The summed E-state index contributed by atoms with van der Waals surface area (Å²) in [5.41, 5.74) is 0.394. The van der Waals surface area contributed by atoms with Gasteiger partial charge in [-0.2, -0.15) is 0 Å². The molecule has 0 aliphatic heterocycles. The number of carbonyl (C=O) groups is 2. The van der Waals surface area contributed by atoms with Crippen molar-refractivity contribution in [1.82, 2.24) is 0 Å². The van der Waals surface area contributed by atoms with Crippen LogP contribution in [0.15, 0.2) is 24.3 Å². The molecule has 2 N–H and O–H groups in total. The van der Waals surface area contributed by atoms with E-state index in [9.17, 15) is 14.0 Å². The number of alkyl halides is 2. The second-order valence-electron chi connectivity index (χ2n) is 3.14. The topological polar surface area (TPSA) is 66.4 Å². The van der Waals surface area contributed by atoms with Gasteiger partial charge in [0.2, 0.25) is 5.91 Å². The predicted octanol–water partition coefficient (Wildman–Crippen LogP) is 2.38. The van der Waals surface area contributed by atoms with Crippen molar-refractivity contribution in [3.05, 3.63) is 30.1 Å². The Bertz CT molecular complexity index is 424. The highest BCUT2D eigenvalue weighted by atomic mass is 79.9. The molecule has 0 aliphatic carbocycles.